The van der Waals surface area contributed by atoms with Crippen LogP contribution < -0.4 is 10.6 Å². The molecule has 53 nitrogen and oxygen atoms in total. The number of thiol groups is 2. The Morgan fingerprint density at radius 3 is 0.731 bits per heavy atom. The zero-order valence-corrected chi connectivity index (χ0v) is 73.9. The predicted molar refractivity (Wildman–Crippen MR) is 429 cm³/mol. The fourth-order valence-electron chi connectivity index (χ4n) is 15.1. The summed E-state index contributed by atoms with van der Waals surface area (Å²) in [4.78, 5) is 23.3. The second kappa shape index (κ2) is 55.6. The molecule has 22 unspecified atom stereocenters. The van der Waals surface area contributed by atoms with E-state index in [1.807, 2.05) is 20.8 Å². The van der Waals surface area contributed by atoms with Gasteiger partial charge >= 0.3 is 0 Å². The Balaban J connectivity index is 0.000000252. The highest BCUT2D eigenvalue weighted by molar-refractivity contribution is 7.80. The first-order valence-electron chi connectivity index (χ1n) is 42.4. The third-order valence-corrected chi connectivity index (χ3v) is 23.4. The van der Waals surface area contributed by atoms with Gasteiger partial charge in [0.2, 0.25) is 11.8 Å². The van der Waals surface area contributed by atoms with Gasteiger partial charge in [-0.1, -0.05) is 20.8 Å². The van der Waals surface area contributed by atoms with Crippen molar-refractivity contribution in [2.24, 2.45) is 0 Å². The van der Waals surface area contributed by atoms with Crippen molar-refractivity contribution in [1.82, 2.24) is 10.6 Å². The lowest BCUT2D eigenvalue weighted by Gasteiger charge is -2.48. The topological polar surface area (TPSA) is 851 Å². The summed E-state index contributed by atoms with van der Waals surface area (Å²) in [7, 11) is 0. The van der Waals surface area contributed by atoms with E-state index in [1.165, 1.54) is 27.7 Å². The number of carbonyl (C=O) groups is 2. The summed E-state index contributed by atoms with van der Waals surface area (Å²) in [6.45, 7) is 7.21. The SMILES string of the molecule is CC1OC(CO)[C@@H](O[C@@H]2OC(CS)[C@@H](O)[C@H](O)C2O)[C@H](O)C1O.CC1OC(CO)[C@@H](O[C@@H]2OC(CS)[C@H](O)[C@H](O)C2O)[C@H](O)C1O.CCCO[C@@H]1OC(CO)[C@@H](O[C@@H]2OC(CO)[C@@H](O)[C@H](O)C2NC(C)=O)[C@H](O)C1NC(C)=O.CCCO[C@@H]1OC(CO)[C@@H](O[C@@H]2OC(CO)[C@@H](O)[C@H](O)C2O)[C@H](O)C1O.CCCO[C@@H]1OC(CO)[C@@H](O[C@@H]2OC(CO)[C@H](O)[C@H](O)C2O)[C@H](O)C1O. The van der Waals surface area contributed by atoms with Gasteiger partial charge in [-0.25, -0.2) is 0 Å². The Morgan fingerprint density at radius 1 is 0.246 bits per heavy atom. The van der Waals surface area contributed by atoms with Gasteiger partial charge in [0.05, 0.1) is 77.3 Å². The maximum Gasteiger partial charge on any atom is 0.217 e. The molecule has 0 radical (unpaired) electrons. The average Bonchev–Trinajstić information content (AvgIpc) is 1.69. The van der Waals surface area contributed by atoms with Crippen LogP contribution in [0.4, 0.5) is 0 Å². The molecule has 0 bridgehead atoms. The number of carbonyl (C=O) groups excluding carboxylic acids is 2. The van der Waals surface area contributed by atoms with E-state index in [1.54, 1.807) is 0 Å². The molecule has 33 N–H and O–H groups in total. The Labute approximate surface area is 756 Å². The van der Waals surface area contributed by atoms with Gasteiger partial charge in [0.1, 0.15) is 232 Å². The number of ether oxygens (including phenoxy) is 18. The van der Waals surface area contributed by atoms with Gasteiger partial charge < -0.3 is 254 Å². The highest BCUT2D eigenvalue weighted by atomic mass is 32.1. The number of hydrogen-bond donors (Lipinski definition) is 35. The molecule has 0 aromatic carbocycles. The van der Waals surface area contributed by atoms with E-state index in [9.17, 15) is 168 Å². The summed E-state index contributed by atoms with van der Waals surface area (Å²) in [6.07, 6.45) is -61.7. The normalized spacial score (nSPS) is 47.0. The molecule has 10 saturated heterocycles. The number of rotatable bonds is 31. The second-order valence-electron chi connectivity index (χ2n) is 32.3. The molecule has 0 aromatic rings. The smallest absolute Gasteiger partial charge is 0.217 e. The van der Waals surface area contributed by atoms with Crippen molar-refractivity contribution < 1.29 is 253 Å². The molecule has 10 aliphatic rings. The van der Waals surface area contributed by atoms with Gasteiger partial charge in [-0.05, 0) is 33.1 Å². The fraction of sp³-hybridized carbons (Fsp3) is 0.973. The summed E-state index contributed by atoms with van der Waals surface area (Å²) in [5.41, 5.74) is 0. The zero-order valence-electron chi connectivity index (χ0n) is 72.1. The van der Waals surface area contributed by atoms with Crippen LogP contribution in [0.15, 0.2) is 0 Å². The molecule has 2 amide bonds. The Hall–Kier alpha value is -2.32. The van der Waals surface area contributed by atoms with Crippen LogP contribution >= 0.6 is 25.3 Å². The molecular formula is C75H138N2O51S2. The quantitative estimate of drug-likeness (QED) is 0.0287. The molecule has 0 spiro atoms. The van der Waals surface area contributed by atoms with E-state index in [2.05, 4.69) is 35.9 Å². The summed E-state index contributed by atoms with van der Waals surface area (Å²) in [6, 6.07) is -2.32. The molecule has 766 valence electrons. The van der Waals surface area contributed by atoms with Crippen molar-refractivity contribution in [2.45, 2.75) is 374 Å². The van der Waals surface area contributed by atoms with Gasteiger partial charge in [-0.3, -0.25) is 9.59 Å². The zero-order chi connectivity index (χ0) is 97.5. The number of amides is 2. The van der Waals surface area contributed by atoms with Crippen molar-refractivity contribution in [2.75, 3.05) is 84.2 Å². The van der Waals surface area contributed by atoms with Crippen molar-refractivity contribution in [1.29, 1.82) is 0 Å². The lowest BCUT2D eigenvalue weighted by Crippen LogP contribution is -2.69. The average molecular weight is 1950 g/mol. The van der Waals surface area contributed by atoms with Crippen molar-refractivity contribution >= 4 is 37.1 Å². The van der Waals surface area contributed by atoms with Crippen LogP contribution in [0.5, 0.6) is 0 Å². The van der Waals surface area contributed by atoms with Gasteiger partial charge in [-0.15, -0.1) is 0 Å². The summed E-state index contributed by atoms with van der Waals surface area (Å²) < 4.78 is 97.6. The van der Waals surface area contributed by atoms with Crippen LogP contribution in [0.3, 0.4) is 0 Å². The number of nitrogens with one attached hydrogen (secondary N) is 2. The van der Waals surface area contributed by atoms with Gasteiger partial charge in [-0.2, -0.15) is 25.3 Å². The largest absolute Gasteiger partial charge is 0.394 e. The molecule has 10 fully saturated rings. The van der Waals surface area contributed by atoms with Crippen molar-refractivity contribution in [3.63, 3.8) is 0 Å². The monoisotopic (exact) mass is 1950 g/mol. The minimum Gasteiger partial charge on any atom is -0.394 e. The Kier molecular flexibility index (Phi) is 49.8. The van der Waals surface area contributed by atoms with E-state index < -0.39 is 371 Å². The van der Waals surface area contributed by atoms with E-state index in [0.29, 0.717) is 19.3 Å². The number of hydrogen-bond acceptors (Lipinski definition) is 53. The highest BCUT2D eigenvalue weighted by Crippen LogP contribution is 2.37. The first kappa shape index (κ1) is 116. The minimum absolute atomic E-state index is 0.0671. The molecule has 10 heterocycles. The minimum atomic E-state index is -1.69. The molecule has 10 rings (SSSR count). The molecular weight excluding hydrogens is 1810 g/mol. The molecule has 10 aliphatic heterocycles. The standard InChI is InChI=1S/C19H34N2O11.2C15H28O11.2C13H24O9S/c1-4-5-29-18-13(21-9(3)25)16(28)17(11(7-23)31-18)32-19-12(20-8(2)24)15(27)14(26)10(6-22)30-19;2*1-2-3-23-14-12(22)10(20)13(7(5-17)25-14)26-15-11(21)9(19)8(18)6(4-16)24-15;2*1-4-7(15)10(18)12(5(2-14)20-4)22-13-11(19)9(17)8(16)6(3-23)21-13/h10-19,22-23,26-28H,4-7H2,1-3H3,(H,20,24)(H,21,25);2*6-22H,2-5H2,1H3;2*4-19,23H,2-3H2,1H3/t10?,11?,12?,13?,14-,15-,16-,17-,18-,19+;6?,7?,8-,9+,10-,11?,12?,13-,14-,15+;6?,7?,8-,9-,10+,11?,12?,13+,14+,15-;4?,5?,6?,7?,8-,9+,10-,11?,12-,13+;4?,5?,6?,7?,8-,9-,10+,11?,12+,13-/m11010/s1. The lowest BCUT2D eigenvalue weighted by molar-refractivity contribution is -0.359. The molecule has 0 saturated carbocycles. The van der Waals surface area contributed by atoms with Crippen LogP contribution in [0, 0.1) is 0 Å². The van der Waals surface area contributed by atoms with E-state index in [0.717, 1.165) is 0 Å². The summed E-state index contributed by atoms with van der Waals surface area (Å²) in [5, 5.41) is 311. The molecule has 130 heavy (non-hydrogen) atoms. The first-order valence-corrected chi connectivity index (χ1v) is 43.7. The molecule has 55 heteroatoms. The Bertz CT molecular complexity index is 3000. The van der Waals surface area contributed by atoms with Crippen molar-refractivity contribution in [3.8, 4) is 0 Å². The fourth-order valence-corrected chi connectivity index (χ4v) is 15.8. The van der Waals surface area contributed by atoms with Gasteiger partial charge in [0.15, 0.2) is 50.3 Å². The Morgan fingerprint density at radius 2 is 0.454 bits per heavy atom. The number of aliphatic hydroxyl groups excluding tert-OH is 31. The molecule has 50 atom stereocenters. The van der Waals surface area contributed by atoms with E-state index >= 15 is 0 Å². The highest BCUT2D eigenvalue weighted by Gasteiger charge is 2.58. The second-order valence-corrected chi connectivity index (χ2v) is 33.0. The van der Waals surface area contributed by atoms with E-state index in [4.69, 9.17) is 85.3 Å². The molecule has 0 aromatic heterocycles. The number of aliphatic hydroxyl groups is 31. The van der Waals surface area contributed by atoms with Crippen LogP contribution in [0.2, 0.25) is 0 Å². The van der Waals surface area contributed by atoms with E-state index in [-0.39, 0.29) is 31.3 Å². The summed E-state index contributed by atoms with van der Waals surface area (Å²) in [5.74, 6) is -0.882. The van der Waals surface area contributed by atoms with Crippen LogP contribution in [-0.4, -0.2) is 561 Å². The van der Waals surface area contributed by atoms with Gasteiger partial charge in [0, 0.05) is 45.2 Å². The predicted octanol–water partition coefficient (Wildman–Crippen LogP) is -18.4. The van der Waals surface area contributed by atoms with Crippen molar-refractivity contribution in [3.05, 3.63) is 0 Å². The molecule has 0 aliphatic carbocycles. The first-order chi connectivity index (χ1) is 61.5. The third-order valence-electron chi connectivity index (χ3n) is 22.6. The third kappa shape index (κ3) is 29.4. The van der Waals surface area contributed by atoms with Crippen LogP contribution in [0.25, 0.3) is 0 Å². The lowest BCUT2D eigenvalue weighted by atomic mass is 9.94. The maximum atomic E-state index is 11.7. The summed E-state index contributed by atoms with van der Waals surface area (Å²) >= 11 is 7.98. The van der Waals surface area contributed by atoms with Crippen LogP contribution in [0.1, 0.15) is 67.7 Å². The maximum absolute atomic E-state index is 11.7. The van der Waals surface area contributed by atoms with Gasteiger partial charge in [0.25, 0.3) is 0 Å². The van der Waals surface area contributed by atoms with Crippen LogP contribution in [-0.2, 0) is 94.9 Å².